The van der Waals surface area contributed by atoms with Gasteiger partial charge in [-0.2, -0.15) is 0 Å². The Balaban J connectivity index is 1.70. The van der Waals surface area contributed by atoms with Crippen LogP contribution in [0.5, 0.6) is 0 Å². The molecule has 2 saturated heterocycles. The Labute approximate surface area is 385 Å². The predicted molar refractivity (Wildman–Crippen MR) is 249 cm³/mol. The highest BCUT2D eigenvalue weighted by Gasteiger charge is 2.50. The van der Waals surface area contributed by atoms with Gasteiger partial charge in [-0.1, -0.05) is 91.0 Å². The summed E-state index contributed by atoms with van der Waals surface area (Å²) in [6, 6.07) is -2.95. The van der Waals surface area contributed by atoms with E-state index in [1.165, 1.54) is 24.1 Å². The Morgan fingerprint density at radius 1 is 1.02 bits per heavy atom. The first-order chi connectivity index (χ1) is 30.7. The molecule has 3 heterocycles. The number of Topliss-reactive ketones (excluding diaryl/α,β-unsaturated/α-hetero) is 1. The number of epoxide rings is 1. The molecule has 0 spiro atoms. The van der Waals surface area contributed by atoms with E-state index in [-0.39, 0.29) is 42.8 Å². The number of nitrogens with zero attached hydrogens (tertiary/aromatic N) is 2. The zero-order chi connectivity index (χ0) is 48.0. The number of hydrogen-bond donors (Lipinski definition) is 6. The minimum Gasteiger partial charge on any atom is -0.508 e. The summed E-state index contributed by atoms with van der Waals surface area (Å²) >= 11 is 0. The first-order valence-electron chi connectivity index (χ1n) is 23.4. The number of carbonyl (C=O) groups is 5. The molecule has 15 nitrogen and oxygen atoms in total. The molecule has 3 amide bonds. The molecule has 0 saturated carbocycles. The van der Waals surface area contributed by atoms with Crippen molar-refractivity contribution in [2.24, 2.45) is 29.6 Å². The molecular formula is C50H75N5O10. The molecule has 1 aliphatic carbocycles. The summed E-state index contributed by atoms with van der Waals surface area (Å²) in [6.45, 7) is 18.5. The zero-order valence-electron chi connectivity index (χ0n) is 39.8. The Hall–Kier alpha value is -4.67. The summed E-state index contributed by atoms with van der Waals surface area (Å²) < 4.78 is 12.2. The summed E-state index contributed by atoms with van der Waals surface area (Å²) in [5, 5.41) is 40.6. The standard InChI is InChI=1S/C50H75N5O10/c1-30(2)28-54(29-31(3)4)43(59)22-13-16-33(7)42-21-12-10-11-20-41(58)35(9)45(60)38(24-23-34(8)56)46-48(65-46)52-44(32(5)6)47(61)51-40(27-36-17-14-18-37(57)26-36)49(62)55-25-15-19-39(53-55)50(63)64-42/h10-14,16,18,20,22,26-27,30-32,35,38-42,44-46,48,52-53,57-58,60H,15,17,19,21,23-25,28-29H2,1-9H3,(H,51,61). The minimum atomic E-state index is -1.20. The third kappa shape index (κ3) is 16.6. The fourth-order valence-corrected chi connectivity index (χ4v) is 8.28. The molecule has 10 atom stereocenters. The lowest BCUT2D eigenvalue weighted by atomic mass is 9.82. The van der Waals surface area contributed by atoms with E-state index in [2.05, 4.69) is 43.8 Å². The number of fused-ring (bicyclic) bond motifs is 3. The van der Waals surface area contributed by atoms with Gasteiger partial charge in [0.25, 0.3) is 5.91 Å². The van der Waals surface area contributed by atoms with Crippen LogP contribution in [0.15, 0.2) is 83.7 Å². The van der Waals surface area contributed by atoms with Crippen molar-refractivity contribution in [2.75, 3.05) is 19.6 Å². The fourth-order valence-electron chi connectivity index (χ4n) is 8.28. The molecule has 0 aromatic rings. The number of amides is 3. The molecular weight excluding hydrogens is 831 g/mol. The van der Waals surface area contributed by atoms with Gasteiger partial charge in [0.05, 0.1) is 18.2 Å². The molecule has 15 heteroatoms. The number of aliphatic hydroxyl groups is 3. The normalized spacial score (nSPS) is 30.7. The summed E-state index contributed by atoms with van der Waals surface area (Å²) in [7, 11) is 0. The van der Waals surface area contributed by atoms with Gasteiger partial charge in [-0.05, 0) is 86.7 Å². The summed E-state index contributed by atoms with van der Waals surface area (Å²) in [5.74, 6) is -2.68. The van der Waals surface area contributed by atoms with Crippen LogP contribution in [-0.4, -0.2) is 123 Å². The number of aliphatic hydroxyl groups excluding tert-OH is 3. The highest BCUT2D eigenvalue weighted by Crippen LogP contribution is 2.37. The second-order valence-corrected chi connectivity index (χ2v) is 19.1. The van der Waals surface area contributed by atoms with E-state index in [1.807, 2.05) is 25.7 Å². The summed E-state index contributed by atoms with van der Waals surface area (Å²) in [5.41, 5.74) is 4.33. The van der Waals surface area contributed by atoms with Crippen LogP contribution in [-0.2, 0) is 33.4 Å². The maximum atomic E-state index is 14.4. The molecule has 65 heavy (non-hydrogen) atoms. The SMILES string of the molecule is CC(=O)CCC1C(O)C(C)C(O)C=CC=CCC(C(C)=CC=CC(=O)N(CC(C)C)CC(C)C)OC(=O)C2CCCN(N2)C(=O)C(C=C2C=C(O)C=CC2)NC(=O)C(C(C)C)NC2OC21. The van der Waals surface area contributed by atoms with Gasteiger partial charge in [-0.25, -0.2) is 5.43 Å². The van der Waals surface area contributed by atoms with Crippen molar-refractivity contribution in [1.82, 2.24) is 26.0 Å². The number of ketones is 1. The van der Waals surface area contributed by atoms with Gasteiger partial charge in [0.15, 0.2) is 0 Å². The molecule has 0 radical (unpaired) electrons. The minimum absolute atomic E-state index is 0.00198. The van der Waals surface area contributed by atoms with E-state index in [1.54, 1.807) is 61.6 Å². The highest BCUT2D eigenvalue weighted by atomic mass is 16.6. The molecule has 3 aliphatic heterocycles. The topological polar surface area (TPSA) is 210 Å². The van der Waals surface area contributed by atoms with Crippen molar-refractivity contribution in [3.8, 4) is 0 Å². The average molecular weight is 906 g/mol. The van der Waals surface area contributed by atoms with Crippen molar-refractivity contribution in [3.05, 3.63) is 83.7 Å². The van der Waals surface area contributed by atoms with Crippen LogP contribution in [0.25, 0.3) is 0 Å². The predicted octanol–water partition coefficient (Wildman–Crippen LogP) is 5.05. The number of hydrazine groups is 1. The lowest BCUT2D eigenvalue weighted by Gasteiger charge is -2.35. The molecule has 6 N–H and O–H groups in total. The van der Waals surface area contributed by atoms with Gasteiger partial charge < -0.3 is 39.8 Å². The lowest BCUT2D eigenvalue weighted by Crippen LogP contribution is -2.61. The monoisotopic (exact) mass is 906 g/mol. The van der Waals surface area contributed by atoms with E-state index in [4.69, 9.17) is 9.47 Å². The van der Waals surface area contributed by atoms with Gasteiger partial charge in [0, 0.05) is 50.4 Å². The highest BCUT2D eigenvalue weighted by molar-refractivity contribution is 5.92. The van der Waals surface area contributed by atoms with Crippen LogP contribution in [0, 0.1) is 29.6 Å². The van der Waals surface area contributed by atoms with Crippen LogP contribution >= 0.6 is 0 Å². The quantitative estimate of drug-likeness (QED) is 0.0658. The largest absolute Gasteiger partial charge is 0.508 e. The number of esters is 1. The second kappa shape index (κ2) is 25.3. The van der Waals surface area contributed by atoms with Crippen molar-refractivity contribution in [3.63, 3.8) is 0 Å². The number of hydrogen-bond acceptors (Lipinski definition) is 12. The Morgan fingerprint density at radius 2 is 1.72 bits per heavy atom. The third-order valence-corrected chi connectivity index (χ3v) is 12.0. The molecule has 10 unspecified atom stereocenters. The fraction of sp³-hybridized carbons (Fsp3) is 0.620. The van der Waals surface area contributed by atoms with Gasteiger partial charge in [0.2, 0.25) is 11.8 Å². The Morgan fingerprint density at radius 3 is 2.37 bits per heavy atom. The Bertz CT molecular complexity index is 1870. The first kappa shape index (κ1) is 52.9. The lowest BCUT2D eigenvalue weighted by molar-refractivity contribution is -0.155. The molecule has 0 aromatic heterocycles. The van der Waals surface area contributed by atoms with Gasteiger partial charge >= 0.3 is 5.97 Å². The summed E-state index contributed by atoms with van der Waals surface area (Å²) in [6.07, 6.45) is 15.9. The second-order valence-electron chi connectivity index (χ2n) is 19.1. The average Bonchev–Trinajstić information content (AvgIpc) is 4.01. The van der Waals surface area contributed by atoms with Crippen molar-refractivity contribution in [2.45, 2.75) is 150 Å². The van der Waals surface area contributed by atoms with Gasteiger partial charge in [-0.3, -0.25) is 29.5 Å². The van der Waals surface area contributed by atoms with Gasteiger partial charge in [-0.15, -0.1) is 0 Å². The van der Waals surface area contributed by atoms with Crippen LogP contribution in [0.2, 0.25) is 0 Å². The molecule has 360 valence electrons. The van der Waals surface area contributed by atoms with E-state index >= 15 is 0 Å². The number of cyclic esters (lactones) is 1. The van der Waals surface area contributed by atoms with Crippen LogP contribution in [0.4, 0.5) is 0 Å². The van der Waals surface area contributed by atoms with E-state index < -0.39 is 78.4 Å². The van der Waals surface area contributed by atoms with Crippen molar-refractivity contribution >= 4 is 29.5 Å². The van der Waals surface area contributed by atoms with Crippen LogP contribution < -0.4 is 16.1 Å². The number of allylic oxidation sites excluding steroid dienone is 8. The molecule has 2 bridgehead atoms. The van der Waals surface area contributed by atoms with Gasteiger partial charge in [0.1, 0.15) is 42.1 Å². The zero-order valence-corrected chi connectivity index (χ0v) is 39.8. The number of nitrogens with one attached hydrogen (secondary N) is 3. The van der Waals surface area contributed by atoms with E-state index in [0.717, 1.165) is 0 Å². The van der Waals surface area contributed by atoms with Crippen LogP contribution in [0.3, 0.4) is 0 Å². The maximum Gasteiger partial charge on any atom is 0.325 e. The van der Waals surface area contributed by atoms with Crippen molar-refractivity contribution in [1.29, 1.82) is 0 Å². The van der Waals surface area contributed by atoms with E-state index in [9.17, 15) is 39.3 Å². The Kier molecular flexibility index (Phi) is 20.6. The number of ether oxygens (including phenoxy) is 2. The molecule has 4 aliphatic rings. The van der Waals surface area contributed by atoms with Crippen molar-refractivity contribution < 1.29 is 48.8 Å². The first-order valence-corrected chi connectivity index (χ1v) is 23.4. The number of carbonyl (C=O) groups excluding carboxylic acids is 5. The van der Waals surface area contributed by atoms with Crippen LogP contribution in [0.1, 0.15) is 101 Å². The third-order valence-electron chi connectivity index (χ3n) is 12.0. The maximum absolute atomic E-state index is 14.4. The molecule has 4 rings (SSSR count). The van der Waals surface area contributed by atoms with E-state index in [0.29, 0.717) is 61.8 Å². The molecule has 0 aromatic carbocycles. The number of rotatable bonds is 12. The summed E-state index contributed by atoms with van der Waals surface area (Å²) in [4.78, 5) is 69.8. The molecule has 2 fully saturated rings. The smallest absolute Gasteiger partial charge is 0.325 e.